The Morgan fingerprint density at radius 2 is 1.89 bits per heavy atom. The number of nitrogens with zero attached hydrogens (tertiary/aromatic N) is 2. The van der Waals surface area contributed by atoms with Gasteiger partial charge in [-0.15, -0.1) is 0 Å². The summed E-state index contributed by atoms with van der Waals surface area (Å²) in [5, 5.41) is 10.3. The topological polar surface area (TPSA) is 54.8 Å². The van der Waals surface area contributed by atoms with Crippen molar-refractivity contribution in [2.45, 2.75) is 57.5 Å². The van der Waals surface area contributed by atoms with Crippen molar-refractivity contribution in [3.63, 3.8) is 0 Å². The lowest BCUT2D eigenvalue weighted by Crippen LogP contribution is -2.33. The van der Waals surface area contributed by atoms with E-state index in [0.29, 0.717) is 25.9 Å². The molecule has 0 amide bonds. The van der Waals surface area contributed by atoms with Crippen molar-refractivity contribution in [3.05, 3.63) is 59.9 Å². The summed E-state index contributed by atoms with van der Waals surface area (Å²) in [5.41, 5.74) is 2.10. The number of aromatic nitrogens is 1. The molecular weight excluding hydrogens is 352 g/mol. The van der Waals surface area contributed by atoms with Crippen LogP contribution in [0.25, 0.3) is 0 Å². The highest BCUT2D eigenvalue weighted by atomic mass is 16.5. The van der Waals surface area contributed by atoms with Crippen molar-refractivity contribution in [2.24, 2.45) is 0 Å². The van der Waals surface area contributed by atoms with Gasteiger partial charge in [-0.2, -0.15) is 0 Å². The van der Waals surface area contributed by atoms with E-state index in [0.717, 1.165) is 30.8 Å². The summed E-state index contributed by atoms with van der Waals surface area (Å²) < 4.78 is 11.7. The second-order valence-corrected chi connectivity index (χ2v) is 7.70. The largest absolute Gasteiger partial charge is 0.487 e. The van der Waals surface area contributed by atoms with Crippen molar-refractivity contribution >= 4 is 0 Å². The van der Waals surface area contributed by atoms with Crippen LogP contribution in [-0.2, 0) is 17.9 Å². The van der Waals surface area contributed by atoms with Crippen molar-refractivity contribution < 1.29 is 14.6 Å². The number of benzene rings is 1. The van der Waals surface area contributed by atoms with Crippen LogP contribution in [0.3, 0.4) is 0 Å². The molecule has 1 unspecified atom stereocenters. The van der Waals surface area contributed by atoms with Gasteiger partial charge in [-0.3, -0.25) is 9.88 Å². The fourth-order valence-electron chi connectivity index (χ4n) is 3.60. The van der Waals surface area contributed by atoms with Gasteiger partial charge in [0.2, 0.25) is 0 Å². The molecule has 0 aliphatic heterocycles. The van der Waals surface area contributed by atoms with E-state index in [9.17, 15) is 5.11 Å². The van der Waals surface area contributed by atoms with E-state index in [-0.39, 0.29) is 0 Å². The van der Waals surface area contributed by atoms with Crippen LogP contribution in [0, 0.1) is 0 Å². The Balaban J connectivity index is 1.36. The molecule has 0 radical (unpaired) electrons. The van der Waals surface area contributed by atoms with Crippen molar-refractivity contribution in [3.8, 4) is 5.75 Å². The van der Waals surface area contributed by atoms with E-state index >= 15 is 0 Å². The lowest BCUT2D eigenvalue weighted by Gasteiger charge is -2.25. The maximum Gasteiger partial charge on any atom is 0.130 e. The van der Waals surface area contributed by atoms with Crippen LogP contribution >= 0.6 is 0 Å². The van der Waals surface area contributed by atoms with Gasteiger partial charge in [-0.25, -0.2) is 0 Å². The van der Waals surface area contributed by atoms with E-state index in [4.69, 9.17) is 9.47 Å². The molecule has 1 aliphatic carbocycles. The second-order valence-electron chi connectivity index (χ2n) is 7.70. The molecular formula is C23H32N2O3. The average molecular weight is 385 g/mol. The first-order valence-corrected chi connectivity index (χ1v) is 10.3. The zero-order valence-corrected chi connectivity index (χ0v) is 16.8. The molecule has 3 rings (SSSR count). The zero-order valence-electron chi connectivity index (χ0n) is 16.8. The first-order valence-electron chi connectivity index (χ1n) is 10.3. The van der Waals surface area contributed by atoms with Gasteiger partial charge in [0.1, 0.15) is 12.4 Å². The number of pyridine rings is 1. The van der Waals surface area contributed by atoms with Crippen LogP contribution in [0.1, 0.15) is 43.4 Å². The van der Waals surface area contributed by atoms with E-state index in [1.165, 1.54) is 24.8 Å². The predicted molar refractivity (Wildman–Crippen MR) is 110 cm³/mol. The quantitative estimate of drug-likeness (QED) is 0.675. The number of likely N-dealkylation sites (N-methyl/N-ethyl adjacent to an activating group) is 1. The van der Waals surface area contributed by atoms with Gasteiger partial charge >= 0.3 is 0 Å². The zero-order chi connectivity index (χ0) is 19.6. The van der Waals surface area contributed by atoms with Crippen LogP contribution in [-0.4, -0.2) is 47.4 Å². The minimum Gasteiger partial charge on any atom is -0.487 e. The van der Waals surface area contributed by atoms with Crippen LogP contribution in [0.2, 0.25) is 0 Å². The molecule has 0 saturated heterocycles. The third-order valence-corrected chi connectivity index (χ3v) is 5.09. The molecule has 1 heterocycles. The summed E-state index contributed by atoms with van der Waals surface area (Å²) in [6, 6.07) is 13.9. The highest BCUT2D eigenvalue weighted by molar-refractivity contribution is 5.27. The highest BCUT2D eigenvalue weighted by Gasteiger charge is 2.16. The lowest BCUT2D eigenvalue weighted by molar-refractivity contribution is -0.0319. The smallest absolute Gasteiger partial charge is 0.130 e. The van der Waals surface area contributed by atoms with Crippen molar-refractivity contribution in [1.29, 1.82) is 0 Å². The Hall–Kier alpha value is -1.95. The standard InChI is InChI=1S/C23H32N2O3/c1-25(16-21(26)18-28-22-8-3-2-4-9-22)15-19-10-12-23(13-11-19)27-17-20-7-5-6-14-24-20/h5-7,10-14,21-22,26H,2-4,8-9,15-18H2,1H3. The first-order chi connectivity index (χ1) is 13.7. The maximum atomic E-state index is 10.3. The molecule has 1 N–H and O–H groups in total. The first kappa shape index (κ1) is 20.8. The molecule has 1 aromatic carbocycles. The highest BCUT2D eigenvalue weighted by Crippen LogP contribution is 2.20. The third kappa shape index (κ3) is 7.23. The molecule has 0 bridgehead atoms. The number of hydrogen-bond acceptors (Lipinski definition) is 5. The summed E-state index contributed by atoms with van der Waals surface area (Å²) in [7, 11) is 2.02. The van der Waals surface area contributed by atoms with Gasteiger partial charge in [-0.1, -0.05) is 37.5 Å². The molecule has 28 heavy (non-hydrogen) atoms. The molecule has 1 aromatic heterocycles. The number of rotatable bonds is 10. The minimum atomic E-state index is -0.451. The lowest BCUT2D eigenvalue weighted by atomic mass is 9.98. The minimum absolute atomic E-state index is 0.340. The summed E-state index contributed by atoms with van der Waals surface area (Å²) in [6.45, 7) is 2.27. The molecule has 0 spiro atoms. The van der Waals surface area contributed by atoms with E-state index in [1.807, 2.05) is 37.4 Å². The van der Waals surface area contributed by atoms with E-state index in [1.54, 1.807) is 6.20 Å². The molecule has 5 nitrogen and oxygen atoms in total. The van der Waals surface area contributed by atoms with Crippen molar-refractivity contribution in [2.75, 3.05) is 20.2 Å². The Morgan fingerprint density at radius 3 is 2.61 bits per heavy atom. The van der Waals surface area contributed by atoms with Gasteiger partial charge in [0.15, 0.2) is 0 Å². The van der Waals surface area contributed by atoms with Crippen LogP contribution < -0.4 is 4.74 Å². The van der Waals surface area contributed by atoms with Gasteiger partial charge in [0.25, 0.3) is 0 Å². The van der Waals surface area contributed by atoms with Crippen LogP contribution in [0.5, 0.6) is 5.75 Å². The monoisotopic (exact) mass is 384 g/mol. The maximum absolute atomic E-state index is 10.3. The van der Waals surface area contributed by atoms with Crippen LogP contribution in [0.4, 0.5) is 0 Å². The Labute approximate surface area is 168 Å². The summed E-state index contributed by atoms with van der Waals surface area (Å²) in [5.74, 6) is 0.831. The van der Waals surface area contributed by atoms with Gasteiger partial charge < -0.3 is 14.6 Å². The Kier molecular flexibility index (Phi) is 8.27. The SMILES string of the molecule is CN(Cc1ccc(OCc2ccccn2)cc1)CC(O)COC1CCCCC1. The van der Waals surface area contributed by atoms with Gasteiger partial charge in [-0.05, 0) is 49.7 Å². The van der Waals surface area contributed by atoms with Crippen molar-refractivity contribution in [1.82, 2.24) is 9.88 Å². The molecule has 1 fully saturated rings. The van der Waals surface area contributed by atoms with Gasteiger partial charge in [0, 0.05) is 19.3 Å². The van der Waals surface area contributed by atoms with Crippen LogP contribution in [0.15, 0.2) is 48.7 Å². The number of ether oxygens (including phenoxy) is 2. The molecule has 5 heteroatoms. The predicted octanol–water partition coefficient (Wildman–Crippen LogP) is 3.80. The van der Waals surface area contributed by atoms with Gasteiger partial charge in [0.05, 0.1) is 24.5 Å². The summed E-state index contributed by atoms with van der Waals surface area (Å²) >= 11 is 0. The summed E-state index contributed by atoms with van der Waals surface area (Å²) in [6.07, 6.45) is 7.75. The average Bonchev–Trinajstić information content (AvgIpc) is 2.73. The Morgan fingerprint density at radius 1 is 1.11 bits per heavy atom. The third-order valence-electron chi connectivity index (χ3n) is 5.09. The molecule has 1 atom stereocenters. The Bertz CT molecular complexity index is 672. The molecule has 1 aliphatic rings. The number of aliphatic hydroxyl groups excluding tert-OH is 1. The van der Waals surface area contributed by atoms with E-state index < -0.39 is 6.10 Å². The summed E-state index contributed by atoms with van der Waals surface area (Å²) in [4.78, 5) is 6.38. The molecule has 152 valence electrons. The number of aliphatic hydroxyl groups is 1. The molecule has 1 saturated carbocycles. The fourth-order valence-corrected chi connectivity index (χ4v) is 3.60. The second kappa shape index (κ2) is 11.1. The van der Waals surface area contributed by atoms with E-state index in [2.05, 4.69) is 22.0 Å². The fraction of sp³-hybridized carbons (Fsp3) is 0.522. The molecule has 2 aromatic rings. The number of hydrogen-bond donors (Lipinski definition) is 1. The normalized spacial score (nSPS) is 16.2.